The smallest absolute Gasteiger partial charge is 0.267 e. The second-order valence-electron chi connectivity index (χ2n) is 3.99. The van der Waals surface area contributed by atoms with Gasteiger partial charge in [0, 0.05) is 17.9 Å². The van der Waals surface area contributed by atoms with Crippen molar-refractivity contribution in [3.8, 4) is 0 Å². The average molecular weight is 304 g/mol. The van der Waals surface area contributed by atoms with Crippen LogP contribution in [0.25, 0.3) is 0 Å². The van der Waals surface area contributed by atoms with E-state index in [1.54, 1.807) is 0 Å². The Morgan fingerprint density at radius 2 is 2.44 bits per heavy atom. The Balaban J connectivity index is 2.17. The molecule has 2 heterocycles. The molecule has 1 aliphatic heterocycles. The van der Waals surface area contributed by atoms with Gasteiger partial charge in [-0.1, -0.05) is 20.4 Å². The molecule has 1 amide bonds. The van der Waals surface area contributed by atoms with E-state index in [9.17, 15) is 4.79 Å². The highest BCUT2D eigenvalue weighted by Crippen LogP contribution is 2.22. The van der Waals surface area contributed by atoms with E-state index in [1.807, 2.05) is 11.8 Å². The molecule has 0 aromatic carbocycles. The van der Waals surface area contributed by atoms with Crippen molar-refractivity contribution in [2.45, 2.75) is 32.2 Å². The third-order valence-electron chi connectivity index (χ3n) is 2.91. The molecule has 1 aromatic heterocycles. The highest BCUT2D eigenvalue weighted by atomic mass is 79.9. The average Bonchev–Trinajstić information content (AvgIpc) is 2.74. The van der Waals surface area contributed by atoms with E-state index in [1.165, 1.54) is 18.0 Å². The van der Waals surface area contributed by atoms with Crippen LogP contribution in [0, 0.1) is 6.92 Å². The molecule has 1 fully saturated rings. The van der Waals surface area contributed by atoms with E-state index in [2.05, 4.69) is 25.5 Å². The number of nitrogens with zero attached hydrogens (tertiary/aromatic N) is 3. The Morgan fingerprint density at radius 3 is 3.06 bits per heavy atom. The first-order valence-electron chi connectivity index (χ1n) is 5.40. The maximum absolute atomic E-state index is 12.3. The van der Waals surface area contributed by atoms with E-state index in [0.29, 0.717) is 10.9 Å². The Labute approximate surface area is 107 Å². The molecule has 1 saturated heterocycles. The molecule has 0 spiro atoms. The molecule has 0 N–H and O–H groups in total. The molecule has 1 aromatic rings. The van der Waals surface area contributed by atoms with Gasteiger partial charge in [-0.05, 0) is 37.7 Å². The molecule has 1 aliphatic rings. The fourth-order valence-electron chi connectivity index (χ4n) is 1.99. The standard InChI is InChI=1S/C10H14BrN3OS/c1-7-9(16-13-12-7)10(15)14-5-3-2-4-8(14)6-11/h8H,2-6H2,1H3. The van der Waals surface area contributed by atoms with Crippen LogP contribution in [0.1, 0.15) is 34.6 Å². The van der Waals surface area contributed by atoms with Gasteiger partial charge in [-0.25, -0.2) is 0 Å². The third kappa shape index (κ3) is 2.27. The quantitative estimate of drug-likeness (QED) is 0.787. The number of likely N-dealkylation sites (tertiary alicyclic amines) is 1. The summed E-state index contributed by atoms with van der Waals surface area (Å²) < 4.78 is 3.82. The first kappa shape index (κ1) is 12.0. The van der Waals surface area contributed by atoms with Crippen LogP contribution in [0.2, 0.25) is 0 Å². The number of hydrogen-bond donors (Lipinski definition) is 0. The number of piperidine rings is 1. The van der Waals surface area contributed by atoms with Gasteiger partial charge in [-0.15, -0.1) is 5.10 Å². The molecule has 2 rings (SSSR count). The zero-order chi connectivity index (χ0) is 11.5. The molecule has 0 aliphatic carbocycles. The molecule has 16 heavy (non-hydrogen) atoms. The maximum atomic E-state index is 12.3. The third-order valence-corrected chi connectivity index (χ3v) is 4.48. The van der Waals surface area contributed by atoms with E-state index in [4.69, 9.17) is 0 Å². The Hall–Kier alpha value is -0.490. The molecule has 1 atom stereocenters. The summed E-state index contributed by atoms with van der Waals surface area (Å²) in [6.45, 7) is 2.69. The zero-order valence-corrected chi connectivity index (χ0v) is 11.6. The summed E-state index contributed by atoms with van der Waals surface area (Å²) in [5.74, 6) is 0.0941. The highest BCUT2D eigenvalue weighted by molar-refractivity contribution is 9.09. The predicted molar refractivity (Wildman–Crippen MR) is 67.1 cm³/mol. The summed E-state index contributed by atoms with van der Waals surface area (Å²) in [5.41, 5.74) is 0.744. The van der Waals surface area contributed by atoms with Gasteiger partial charge >= 0.3 is 0 Å². The van der Waals surface area contributed by atoms with E-state index in [0.717, 1.165) is 30.4 Å². The van der Waals surface area contributed by atoms with Crippen molar-refractivity contribution in [2.24, 2.45) is 0 Å². The normalized spacial score (nSPS) is 21.1. The molecular formula is C10H14BrN3OS. The number of amides is 1. The van der Waals surface area contributed by atoms with E-state index in [-0.39, 0.29) is 5.91 Å². The SMILES string of the molecule is Cc1nnsc1C(=O)N1CCCCC1CBr. The van der Waals surface area contributed by atoms with Crippen molar-refractivity contribution in [1.29, 1.82) is 0 Å². The highest BCUT2D eigenvalue weighted by Gasteiger charge is 2.28. The van der Waals surface area contributed by atoms with Crippen molar-refractivity contribution in [3.63, 3.8) is 0 Å². The lowest BCUT2D eigenvalue weighted by molar-refractivity contribution is 0.0646. The topological polar surface area (TPSA) is 46.1 Å². The van der Waals surface area contributed by atoms with Crippen LogP contribution in [0.5, 0.6) is 0 Å². The van der Waals surface area contributed by atoms with Crippen LogP contribution in [-0.2, 0) is 0 Å². The molecule has 6 heteroatoms. The van der Waals surface area contributed by atoms with Gasteiger partial charge in [-0.3, -0.25) is 4.79 Å². The minimum atomic E-state index is 0.0941. The van der Waals surface area contributed by atoms with Gasteiger partial charge in [0.15, 0.2) is 0 Å². The Morgan fingerprint density at radius 1 is 1.62 bits per heavy atom. The van der Waals surface area contributed by atoms with Crippen molar-refractivity contribution in [1.82, 2.24) is 14.5 Å². The van der Waals surface area contributed by atoms with Crippen molar-refractivity contribution in [2.75, 3.05) is 11.9 Å². The lowest BCUT2D eigenvalue weighted by Crippen LogP contribution is -2.44. The summed E-state index contributed by atoms with van der Waals surface area (Å²) in [4.78, 5) is 14.9. The second-order valence-corrected chi connectivity index (χ2v) is 5.39. The summed E-state index contributed by atoms with van der Waals surface area (Å²) in [5, 5.41) is 4.74. The van der Waals surface area contributed by atoms with Gasteiger partial charge < -0.3 is 4.90 Å². The van der Waals surface area contributed by atoms with Crippen LogP contribution in [-0.4, -0.2) is 38.3 Å². The molecule has 1 unspecified atom stereocenters. The molecule has 0 bridgehead atoms. The number of carbonyl (C=O) groups excluding carboxylic acids is 1. The zero-order valence-electron chi connectivity index (χ0n) is 9.15. The second kappa shape index (κ2) is 5.23. The monoisotopic (exact) mass is 303 g/mol. The summed E-state index contributed by atoms with van der Waals surface area (Å²) in [6.07, 6.45) is 3.39. The molecule has 4 nitrogen and oxygen atoms in total. The minimum Gasteiger partial charge on any atom is -0.334 e. The van der Waals surface area contributed by atoms with Gasteiger partial charge in [0.05, 0.1) is 5.69 Å². The molecule has 0 radical (unpaired) electrons. The molecule has 0 saturated carbocycles. The van der Waals surface area contributed by atoms with Crippen LogP contribution in [0.4, 0.5) is 0 Å². The fraction of sp³-hybridized carbons (Fsp3) is 0.700. The van der Waals surface area contributed by atoms with Gasteiger partial charge in [0.25, 0.3) is 5.91 Å². The van der Waals surface area contributed by atoms with Gasteiger partial charge in [0.2, 0.25) is 0 Å². The van der Waals surface area contributed by atoms with E-state index < -0.39 is 0 Å². The number of aryl methyl sites for hydroxylation is 1. The fourth-order valence-corrected chi connectivity index (χ4v) is 3.27. The van der Waals surface area contributed by atoms with Crippen molar-refractivity contribution >= 4 is 33.4 Å². The number of aromatic nitrogens is 2. The number of hydrogen-bond acceptors (Lipinski definition) is 4. The number of carbonyl (C=O) groups is 1. The Kier molecular flexibility index (Phi) is 3.91. The number of alkyl halides is 1. The summed E-state index contributed by atoms with van der Waals surface area (Å²) in [6, 6.07) is 0.322. The molecule has 88 valence electrons. The molecular weight excluding hydrogens is 290 g/mol. The maximum Gasteiger partial charge on any atom is 0.267 e. The van der Waals surface area contributed by atoms with Crippen LogP contribution in [0.3, 0.4) is 0 Å². The summed E-state index contributed by atoms with van der Waals surface area (Å²) in [7, 11) is 0. The van der Waals surface area contributed by atoms with Crippen LogP contribution >= 0.6 is 27.5 Å². The van der Waals surface area contributed by atoms with Crippen molar-refractivity contribution in [3.05, 3.63) is 10.6 Å². The lowest BCUT2D eigenvalue weighted by atomic mass is 10.0. The van der Waals surface area contributed by atoms with Gasteiger partial charge in [-0.2, -0.15) is 0 Å². The predicted octanol–water partition coefficient (Wildman–Crippen LogP) is 2.24. The van der Waals surface area contributed by atoms with Crippen LogP contribution < -0.4 is 0 Å². The minimum absolute atomic E-state index is 0.0941. The largest absolute Gasteiger partial charge is 0.334 e. The van der Waals surface area contributed by atoms with Crippen LogP contribution in [0.15, 0.2) is 0 Å². The Bertz CT molecular complexity index is 382. The first-order valence-corrected chi connectivity index (χ1v) is 7.29. The van der Waals surface area contributed by atoms with E-state index >= 15 is 0 Å². The number of rotatable bonds is 2. The van der Waals surface area contributed by atoms with Gasteiger partial charge in [0.1, 0.15) is 4.88 Å². The lowest BCUT2D eigenvalue weighted by Gasteiger charge is -2.34. The van der Waals surface area contributed by atoms with Crippen molar-refractivity contribution < 1.29 is 4.79 Å². The number of halogens is 1. The first-order chi connectivity index (χ1) is 7.74. The summed E-state index contributed by atoms with van der Waals surface area (Å²) >= 11 is 4.68.